The second kappa shape index (κ2) is 4.33. The Morgan fingerprint density at radius 3 is 2.71 bits per heavy atom. The zero-order valence-corrected chi connectivity index (χ0v) is 8.56. The van der Waals surface area contributed by atoms with Crippen LogP contribution in [0.5, 0.6) is 0 Å². The molecule has 0 bridgehead atoms. The minimum Gasteiger partial charge on any atom is -0.459 e. The number of ether oxygens (including phenoxy) is 1. The lowest BCUT2D eigenvalue weighted by Gasteiger charge is -2.29. The molecule has 0 atom stereocenters. The van der Waals surface area contributed by atoms with Crippen LogP contribution in [0.1, 0.15) is 33.1 Å². The molecule has 1 rings (SSSR count). The maximum absolute atomic E-state index is 11.4. The standard InChI is InChI=1S/C9H15N3O2/c1-9(2,6-11-12-10)14-8(13)7-4-3-5-7/h7H,3-6H2,1-2H3. The Morgan fingerprint density at radius 2 is 2.29 bits per heavy atom. The third-order valence-electron chi connectivity index (χ3n) is 2.33. The molecule has 0 amide bonds. The van der Waals surface area contributed by atoms with Crippen molar-refractivity contribution < 1.29 is 9.53 Å². The van der Waals surface area contributed by atoms with Crippen LogP contribution >= 0.6 is 0 Å². The first-order valence-electron chi connectivity index (χ1n) is 4.79. The summed E-state index contributed by atoms with van der Waals surface area (Å²) in [6.07, 6.45) is 2.96. The molecular weight excluding hydrogens is 182 g/mol. The van der Waals surface area contributed by atoms with Crippen LogP contribution in [-0.2, 0) is 9.53 Å². The lowest BCUT2D eigenvalue weighted by atomic mass is 9.85. The predicted molar refractivity (Wildman–Crippen MR) is 51.5 cm³/mol. The Labute approximate surface area is 83.1 Å². The summed E-state index contributed by atoms with van der Waals surface area (Å²) in [5, 5.41) is 3.40. The molecule has 0 aliphatic heterocycles. The van der Waals surface area contributed by atoms with Crippen LogP contribution < -0.4 is 0 Å². The van der Waals surface area contributed by atoms with Crippen LogP contribution in [0.3, 0.4) is 0 Å². The van der Waals surface area contributed by atoms with E-state index < -0.39 is 5.60 Å². The quantitative estimate of drug-likeness (QED) is 0.300. The van der Waals surface area contributed by atoms with Crippen molar-refractivity contribution >= 4 is 5.97 Å². The highest BCUT2D eigenvalue weighted by Crippen LogP contribution is 2.29. The SMILES string of the molecule is CC(C)(CN=[N+]=[N-])OC(=O)C1CCC1. The van der Waals surface area contributed by atoms with Crippen LogP contribution in [0, 0.1) is 5.92 Å². The van der Waals surface area contributed by atoms with Crippen LogP contribution in [0.4, 0.5) is 0 Å². The van der Waals surface area contributed by atoms with Crippen molar-refractivity contribution in [3.05, 3.63) is 10.4 Å². The number of carbonyl (C=O) groups excluding carboxylic acids is 1. The van der Waals surface area contributed by atoms with E-state index in [-0.39, 0.29) is 18.4 Å². The van der Waals surface area contributed by atoms with Gasteiger partial charge < -0.3 is 4.74 Å². The molecular formula is C9H15N3O2. The van der Waals surface area contributed by atoms with Gasteiger partial charge in [0.1, 0.15) is 5.60 Å². The van der Waals surface area contributed by atoms with Gasteiger partial charge in [-0.15, -0.1) is 0 Å². The zero-order chi connectivity index (χ0) is 10.6. The van der Waals surface area contributed by atoms with E-state index in [1.807, 2.05) is 0 Å². The van der Waals surface area contributed by atoms with Crippen LogP contribution in [0.2, 0.25) is 0 Å². The van der Waals surface area contributed by atoms with E-state index in [0.29, 0.717) is 0 Å². The highest BCUT2D eigenvalue weighted by Gasteiger charge is 2.31. The minimum absolute atomic E-state index is 0.0698. The van der Waals surface area contributed by atoms with E-state index in [1.165, 1.54) is 0 Å². The second-order valence-electron chi connectivity index (χ2n) is 4.20. The van der Waals surface area contributed by atoms with E-state index in [9.17, 15) is 4.79 Å². The molecule has 0 radical (unpaired) electrons. The number of hydrogen-bond donors (Lipinski definition) is 0. The molecule has 0 heterocycles. The predicted octanol–water partition coefficient (Wildman–Crippen LogP) is 2.42. The molecule has 5 heteroatoms. The smallest absolute Gasteiger partial charge is 0.309 e. The molecule has 0 unspecified atom stereocenters. The van der Waals surface area contributed by atoms with Gasteiger partial charge in [-0.05, 0) is 32.2 Å². The average Bonchev–Trinajstić information content (AvgIpc) is 1.96. The molecule has 0 N–H and O–H groups in total. The molecule has 5 nitrogen and oxygen atoms in total. The van der Waals surface area contributed by atoms with Crippen molar-refractivity contribution in [2.75, 3.05) is 6.54 Å². The van der Waals surface area contributed by atoms with Gasteiger partial charge in [0.05, 0.1) is 12.5 Å². The van der Waals surface area contributed by atoms with Crippen molar-refractivity contribution in [3.8, 4) is 0 Å². The second-order valence-corrected chi connectivity index (χ2v) is 4.20. The number of carbonyl (C=O) groups is 1. The largest absolute Gasteiger partial charge is 0.459 e. The fourth-order valence-electron chi connectivity index (χ4n) is 1.23. The van der Waals surface area contributed by atoms with Gasteiger partial charge in [-0.1, -0.05) is 11.5 Å². The van der Waals surface area contributed by atoms with E-state index >= 15 is 0 Å². The summed E-state index contributed by atoms with van der Waals surface area (Å²) in [6, 6.07) is 0. The zero-order valence-electron chi connectivity index (χ0n) is 8.56. The fraction of sp³-hybridized carbons (Fsp3) is 0.889. The molecule has 1 aliphatic rings. The van der Waals surface area contributed by atoms with E-state index in [1.54, 1.807) is 13.8 Å². The number of azide groups is 1. The fourth-order valence-corrected chi connectivity index (χ4v) is 1.23. The first kappa shape index (κ1) is 10.9. The summed E-state index contributed by atoms with van der Waals surface area (Å²) in [5.74, 6) is -0.0882. The number of rotatable bonds is 4. The molecule has 0 aromatic rings. The monoisotopic (exact) mass is 197 g/mol. The lowest BCUT2D eigenvalue weighted by Crippen LogP contribution is -2.36. The summed E-state index contributed by atoms with van der Waals surface area (Å²) in [4.78, 5) is 14.1. The maximum Gasteiger partial charge on any atom is 0.309 e. The first-order valence-corrected chi connectivity index (χ1v) is 4.79. The number of esters is 1. The topological polar surface area (TPSA) is 75.1 Å². The molecule has 0 aromatic heterocycles. The van der Waals surface area contributed by atoms with Crippen molar-refractivity contribution in [1.29, 1.82) is 0 Å². The summed E-state index contributed by atoms with van der Waals surface area (Å²) < 4.78 is 5.24. The minimum atomic E-state index is -0.682. The Kier molecular flexibility index (Phi) is 3.36. The van der Waals surface area contributed by atoms with E-state index in [0.717, 1.165) is 19.3 Å². The highest BCUT2D eigenvalue weighted by atomic mass is 16.6. The van der Waals surface area contributed by atoms with Gasteiger partial charge in [-0.25, -0.2) is 0 Å². The molecule has 1 saturated carbocycles. The summed E-state index contributed by atoms with van der Waals surface area (Å²) in [7, 11) is 0. The van der Waals surface area contributed by atoms with Crippen molar-refractivity contribution in [1.82, 2.24) is 0 Å². The molecule has 0 saturated heterocycles. The van der Waals surface area contributed by atoms with Gasteiger partial charge in [-0.3, -0.25) is 4.79 Å². The van der Waals surface area contributed by atoms with E-state index in [2.05, 4.69) is 10.0 Å². The number of hydrogen-bond acceptors (Lipinski definition) is 3. The Morgan fingerprint density at radius 1 is 1.64 bits per heavy atom. The average molecular weight is 197 g/mol. The van der Waals surface area contributed by atoms with Gasteiger partial charge in [-0.2, -0.15) is 0 Å². The summed E-state index contributed by atoms with van der Waals surface area (Å²) in [6.45, 7) is 3.68. The molecule has 0 aromatic carbocycles. The van der Waals surface area contributed by atoms with Gasteiger partial charge in [0.2, 0.25) is 0 Å². The Bertz CT molecular complexity index is 265. The molecule has 14 heavy (non-hydrogen) atoms. The molecule has 1 fully saturated rings. The Balaban J connectivity index is 2.39. The third kappa shape index (κ3) is 2.92. The number of nitrogens with zero attached hydrogens (tertiary/aromatic N) is 3. The van der Waals surface area contributed by atoms with Crippen molar-refractivity contribution in [3.63, 3.8) is 0 Å². The van der Waals surface area contributed by atoms with Gasteiger partial charge in [0.15, 0.2) is 0 Å². The summed E-state index contributed by atoms with van der Waals surface area (Å²) in [5.41, 5.74) is 7.47. The molecule has 0 spiro atoms. The van der Waals surface area contributed by atoms with Crippen LogP contribution in [0.25, 0.3) is 10.4 Å². The van der Waals surface area contributed by atoms with Crippen LogP contribution in [0.15, 0.2) is 5.11 Å². The summed E-state index contributed by atoms with van der Waals surface area (Å²) >= 11 is 0. The molecule has 1 aliphatic carbocycles. The van der Waals surface area contributed by atoms with E-state index in [4.69, 9.17) is 10.3 Å². The van der Waals surface area contributed by atoms with Crippen molar-refractivity contribution in [2.24, 2.45) is 11.0 Å². The Hall–Kier alpha value is -1.22. The van der Waals surface area contributed by atoms with Crippen LogP contribution in [-0.4, -0.2) is 18.1 Å². The normalized spacial score (nSPS) is 16.7. The lowest BCUT2D eigenvalue weighted by molar-refractivity contribution is -0.163. The highest BCUT2D eigenvalue weighted by molar-refractivity contribution is 5.73. The van der Waals surface area contributed by atoms with Gasteiger partial charge in [0, 0.05) is 4.91 Å². The third-order valence-corrected chi connectivity index (χ3v) is 2.33. The maximum atomic E-state index is 11.4. The molecule has 78 valence electrons. The van der Waals surface area contributed by atoms with Gasteiger partial charge in [0.25, 0.3) is 0 Å². The van der Waals surface area contributed by atoms with Crippen molar-refractivity contribution in [2.45, 2.75) is 38.7 Å². The first-order chi connectivity index (χ1) is 6.55. The van der Waals surface area contributed by atoms with Gasteiger partial charge >= 0.3 is 5.97 Å².